The largest absolute Gasteiger partial charge is 0.405 e. The molecule has 0 fully saturated rings. The predicted molar refractivity (Wildman–Crippen MR) is 63.4 cm³/mol. The second-order valence-electron chi connectivity index (χ2n) is 3.77. The minimum Gasteiger partial charge on any atom is -0.395 e. The molecule has 2 N–H and O–H groups in total. The Kier molecular flexibility index (Phi) is 5.53. The van der Waals surface area contributed by atoms with Crippen LogP contribution in [-0.4, -0.2) is 30.3 Å². The van der Waals surface area contributed by atoms with Gasteiger partial charge in [0.25, 0.3) is 5.91 Å². The number of carbonyl (C=O) groups is 1. The number of aliphatic hydroxyl groups is 1. The van der Waals surface area contributed by atoms with Gasteiger partial charge < -0.3 is 10.4 Å². The number of halogens is 4. The maximum Gasteiger partial charge on any atom is 0.405 e. The Labute approximate surface area is 112 Å². The summed E-state index contributed by atoms with van der Waals surface area (Å²) in [6.07, 6.45) is -4.36. The van der Waals surface area contributed by atoms with Crippen LogP contribution in [0.25, 0.3) is 0 Å². The standard InChI is InChI=1S/C13H11F4NO2/c14-11-5-4-9(3-1-2-6-19)7-10(11)12(20)18-8-13(15,16)17/h4-5,7,19H,2,6,8H2,(H,18,20). The van der Waals surface area contributed by atoms with E-state index in [0.717, 1.165) is 12.1 Å². The molecule has 1 amide bonds. The third-order valence-corrected chi connectivity index (χ3v) is 2.13. The van der Waals surface area contributed by atoms with Crippen molar-refractivity contribution in [2.75, 3.05) is 13.2 Å². The summed E-state index contributed by atoms with van der Waals surface area (Å²) in [5, 5.41) is 10.1. The van der Waals surface area contributed by atoms with Crippen LogP contribution in [0.1, 0.15) is 22.3 Å². The number of aliphatic hydroxyl groups excluding tert-OH is 1. The molecule has 0 heterocycles. The van der Waals surface area contributed by atoms with E-state index in [0.29, 0.717) is 0 Å². The number of hydrogen-bond donors (Lipinski definition) is 2. The quantitative estimate of drug-likeness (QED) is 0.659. The lowest BCUT2D eigenvalue weighted by atomic mass is 10.1. The van der Waals surface area contributed by atoms with Gasteiger partial charge in [-0.25, -0.2) is 4.39 Å². The monoisotopic (exact) mass is 289 g/mol. The van der Waals surface area contributed by atoms with Crippen molar-refractivity contribution in [2.45, 2.75) is 12.6 Å². The van der Waals surface area contributed by atoms with Gasteiger partial charge in [-0.3, -0.25) is 4.79 Å². The molecule has 0 radical (unpaired) electrons. The average Bonchev–Trinajstić information content (AvgIpc) is 2.37. The Bertz CT molecular complexity index is 544. The molecule has 1 aromatic rings. The van der Waals surface area contributed by atoms with Crippen molar-refractivity contribution in [2.24, 2.45) is 0 Å². The fraction of sp³-hybridized carbons (Fsp3) is 0.308. The van der Waals surface area contributed by atoms with Gasteiger partial charge in [0, 0.05) is 12.0 Å². The number of amides is 1. The first-order valence-corrected chi connectivity index (χ1v) is 5.57. The highest BCUT2D eigenvalue weighted by molar-refractivity contribution is 5.94. The van der Waals surface area contributed by atoms with E-state index in [1.54, 1.807) is 5.32 Å². The predicted octanol–water partition coefficient (Wildman–Crippen LogP) is 1.85. The van der Waals surface area contributed by atoms with Crippen LogP contribution in [0.2, 0.25) is 0 Å². The summed E-state index contributed by atoms with van der Waals surface area (Å²) in [5.41, 5.74) is -0.234. The van der Waals surface area contributed by atoms with Crippen LogP contribution in [0.5, 0.6) is 0 Å². The van der Waals surface area contributed by atoms with Crippen molar-refractivity contribution >= 4 is 5.91 Å². The van der Waals surface area contributed by atoms with E-state index in [-0.39, 0.29) is 18.6 Å². The third kappa shape index (κ3) is 5.28. The summed E-state index contributed by atoms with van der Waals surface area (Å²) >= 11 is 0. The number of nitrogens with one attached hydrogen (secondary N) is 1. The molecule has 0 atom stereocenters. The first-order chi connectivity index (χ1) is 9.33. The Hall–Kier alpha value is -2.07. The van der Waals surface area contributed by atoms with Gasteiger partial charge in [0.2, 0.25) is 0 Å². The molecule has 20 heavy (non-hydrogen) atoms. The third-order valence-electron chi connectivity index (χ3n) is 2.13. The summed E-state index contributed by atoms with van der Waals surface area (Å²) in [5.74, 6) is 3.03. The summed E-state index contributed by atoms with van der Waals surface area (Å²) in [7, 11) is 0. The van der Waals surface area contributed by atoms with E-state index in [1.165, 1.54) is 6.07 Å². The normalized spacial score (nSPS) is 10.7. The Morgan fingerprint density at radius 3 is 2.65 bits per heavy atom. The fourth-order valence-corrected chi connectivity index (χ4v) is 1.27. The SMILES string of the molecule is O=C(NCC(F)(F)F)c1cc(C#CCCO)ccc1F. The molecule has 108 valence electrons. The molecule has 0 aromatic heterocycles. The summed E-state index contributed by atoms with van der Waals surface area (Å²) in [4.78, 5) is 11.5. The minimum atomic E-state index is -4.56. The maximum absolute atomic E-state index is 13.4. The summed E-state index contributed by atoms with van der Waals surface area (Å²) < 4.78 is 49.3. The van der Waals surface area contributed by atoms with E-state index < -0.39 is 30.0 Å². The number of rotatable bonds is 3. The highest BCUT2D eigenvalue weighted by Gasteiger charge is 2.28. The topological polar surface area (TPSA) is 49.3 Å². The van der Waals surface area contributed by atoms with E-state index in [4.69, 9.17) is 5.11 Å². The van der Waals surface area contributed by atoms with E-state index in [1.807, 2.05) is 0 Å². The number of hydrogen-bond acceptors (Lipinski definition) is 2. The molecule has 0 saturated carbocycles. The second kappa shape index (κ2) is 6.91. The highest BCUT2D eigenvalue weighted by atomic mass is 19.4. The van der Waals surface area contributed by atoms with Crippen LogP contribution in [0.4, 0.5) is 17.6 Å². The van der Waals surface area contributed by atoms with Crippen LogP contribution in [-0.2, 0) is 0 Å². The Morgan fingerprint density at radius 2 is 2.05 bits per heavy atom. The molecule has 0 bridgehead atoms. The van der Waals surface area contributed by atoms with Crippen molar-refractivity contribution in [1.29, 1.82) is 0 Å². The lowest BCUT2D eigenvalue weighted by Crippen LogP contribution is -2.34. The van der Waals surface area contributed by atoms with Gasteiger partial charge in [0.1, 0.15) is 12.4 Å². The van der Waals surface area contributed by atoms with Crippen LogP contribution < -0.4 is 5.32 Å². The van der Waals surface area contributed by atoms with Gasteiger partial charge >= 0.3 is 6.18 Å². The zero-order chi connectivity index (χ0) is 15.2. The second-order valence-corrected chi connectivity index (χ2v) is 3.77. The van der Waals surface area contributed by atoms with Crippen molar-refractivity contribution in [3.63, 3.8) is 0 Å². The van der Waals surface area contributed by atoms with Crippen molar-refractivity contribution in [3.05, 3.63) is 35.1 Å². The zero-order valence-corrected chi connectivity index (χ0v) is 10.2. The van der Waals surface area contributed by atoms with Crippen LogP contribution in [0, 0.1) is 17.7 Å². The maximum atomic E-state index is 13.4. The van der Waals surface area contributed by atoms with Crippen molar-refractivity contribution in [1.82, 2.24) is 5.32 Å². The fourth-order valence-electron chi connectivity index (χ4n) is 1.27. The van der Waals surface area contributed by atoms with Crippen LogP contribution >= 0.6 is 0 Å². The molecule has 0 aliphatic heterocycles. The Morgan fingerprint density at radius 1 is 1.35 bits per heavy atom. The van der Waals surface area contributed by atoms with E-state index >= 15 is 0 Å². The molecule has 0 spiro atoms. The number of carbonyl (C=O) groups excluding carboxylic acids is 1. The van der Waals surface area contributed by atoms with Gasteiger partial charge in [-0.05, 0) is 18.2 Å². The van der Waals surface area contributed by atoms with Gasteiger partial charge in [0.15, 0.2) is 0 Å². The van der Waals surface area contributed by atoms with Gasteiger partial charge in [0.05, 0.1) is 12.2 Å². The molecule has 0 saturated heterocycles. The van der Waals surface area contributed by atoms with Crippen LogP contribution in [0.15, 0.2) is 18.2 Å². The number of alkyl halides is 3. The van der Waals surface area contributed by atoms with E-state index in [2.05, 4.69) is 11.8 Å². The van der Waals surface area contributed by atoms with Crippen LogP contribution in [0.3, 0.4) is 0 Å². The average molecular weight is 289 g/mol. The smallest absolute Gasteiger partial charge is 0.395 e. The molecular formula is C13H11F4NO2. The summed E-state index contributed by atoms with van der Waals surface area (Å²) in [6.45, 7) is -1.68. The first kappa shape index (κ1) is 16.0. The van der Waals surface area contributed by atoms with Gasteiger partial charge in [-0.15, -0.1) is 0 Å². The number of benzene rings is 1. The molecule has 0 unspecified atom stereocenters. The molecule has 0 aliphatic carbocycles. The molecule has 3 nitrogen and oxygen atoms in total. The van der Waals surface area contributed by atoms with Gasteiger partial charge in [-0.1, -0.05) is 11.8 Å². The van der Waals surface area contributed by atoms with Crippen molar-refractivity contribution < 1.29 is 27.5 Å². The lowest BCUT2D eigenvalue weighted by Gasteiger charge is -2.09. The first-order valence-electron chi connectivity index (χ1n) is 5.57. The molecule has 0 aliphatic rings. The van der Waals surface area contributed by atoms with Crippen molar-refractivity contribution in [3.8, 4) is 11.8 Å². The van der Waals surface area contributed by atoms with E-state index in [9.17, 15) is 22.4 Å². The lowest BCUT2D eigenvalue weighted by molar-refractivity contribution is -0.123. The van der Waals surface area contributed by atoms with Gasteiger partial charge in [-0.2, -0.15) is 13.2 Å². The molecule has 1 aromatic carbocycles. The minimum absolute atomic E-state index is 0.146. The zero-order valence-electron chi connectivity index (χ0n) is 10.2. The Balaban J connectivity index is 2.86. The molecule has 1 rings (SSSR count). The summed E-state index contributed by atoms with van der Waals surface area (Å²) in [6, 6.07) is 3.30. The highest BCUT2D eigenvalue weighted by Crippen LogP contribution is 2.14. The molecular weight excluding hydrogens is 278 g/mol. The molecule has 7 heteroatoms.